The first-order valence-electron chi connectivity index (χ1n) is 9.89. The highest BCUT2D eigenvalue weighted by Gasteiger charge is 2.16. The Labute approximate surface area is 176 Å². The Hall–Kier alpha value is -3.61. The Morgan fingerprint density at radius 3 is 2.47 bits per heavy atom. The molecule has 2 heterocycles. The molecular weight excluding hydrogens is 378 g/mol. The molecular formula is C23H27N5O2. The number of nitrogens with zero attached hydrogens (tertiary/aromatic N) is 2. The lowest BCUT2D eigenvalue weighted by atomic mass is 10.2. The molecule has 0 aliphatic heterocycles. The van der Waals surface area contributed by atoms with Gasteiger partial charge in [-0.25, -0.2) is 4.79 Å². The van der Waals surface area contributed by atoms with Gasteiger partial charge in [0.1, 0.15) is 0 Å². The number of amides is 3. The van der Waals surface area contributed by atoms with E-state index in [2.05, 4.69) is 20.9 Å². The topological polar surface area (TPSA) is 88.0 Å². The van der Waals surface area contributed by atoms with Crippen molar-refractivity contribution in [2.45, 2.75) is 40.3 Å². The van der Waals surface area contributed by atoms with Crippen LogP contribution in [-0.4, -0.2) is 27.5 Å². The minimum atomic E-state index is -0.241. The van der Waals surface area contributed by atoms with Gasteiger partial charge in [-0.05, 0) is 63.6 Å². The van der Waals surface area contributed by atoms with Crippen molar-refractivity contribution in [3.05, 3.63) is 77.4 Å². The number of nitrogens with one attached hydrogen (secondary N) is 3. The number of hydrogen-bond acceptors (Lipinski definition) is 3. The highest BCUT2D eigenvalue weighted by Crippen LogP contribution is 2.20. The third-order valence-corrected chi connectivity index (χ3v) is 4.66. The quantitative estimate of drug-likeness (QED) is 0.580. The van der Waals surface area contributed by atoms with Crippen molar-refractivity contribution in [3.63, 3.8) is 0 Å². The predicted molar refractivity (Wildman–Crippen MR) is 118 cm³/mol. The number of rotatable bonds is 6. The number of urea groups is 1. The van der Waals surface area contributed by atoms with Crippen LogP contribution in [0.5, 0.6) is 0 Å². The standard InChI is InChI=1S/C23H27N5O2/c1-15(2)26-23(30)27-19-9-7-18(8-10-19)13-25-22(29)21-12-16(3)28(17(21)4)20-6-5-11-24-14-20/h5-12,14-15H,13H2,1-4H3,(H,25,29)(H2,26,27,30). The van der Waals surface area contributed by atoms with Crippen LogP contribution in [0.3, 0.4) is 0 Å². The summed E-state index contributed by atoms with van der Waals surface area (Å²) in [6.07, 6.45) is 3.50. The number of carbonyl (C=O) groups is 2. The van der Waals surface area contributed by atoms with E-state index in [9.17, 15) is 9.59 Å². The number of pyridine rings is 1. The summed E-state index contributed by atoms with van der Waals surface area (Å²) in [5.41, 5.74) is 5.05. The van der Waals surface area contributed by atoms with Crippen LogP contribution in [0, 0.1) is 13.8 Å². The van der Waals surface area contributed by atoms with Crippen molar-refractivity contribution in [1.82, 2.24) is 20.2 Å². The molecule has 156 valence electrons. The summed E-state index contributed by atoms with van der Waals surface area (Å²) in [5, 5.41) is 8.52. The van der Waals surface area contributed by atoms with Crippen molar-refractivity contribution in [3.8, 4) is 5.69 Å². The van der Waals surface area contributed by atoms with Crippen LogP contribution in [0.2, 0.25) is 0 Å². The molecule has 0 fully saturated rings. The van der Waals surface area contributed by atoms with Gasteiger partial charge in [-0.2, -0.15) is 0 Å². The molecule has 2 aromatic heterocycles. The highest BCUT2D eigenvalue weighted by atomic mass is 16.2. The van der Waals surface area contributed by atoms with Gasteiger partial charge in [0.15, 0.2) is 0 Å². The van der Waals surface area contributed by atoms with Crippen molar-refractivity contribution < 1.29 is 9.59 Å². The first-order chi connectivity index (χ1) is 14.3. The van der Waals surface area contributed by atoms with E-state index < -0.39 is 0 Å². The van der Waals surface area contributed by atoms with Gasteiger partial charge < -0.3 is 20.5 Å². The van der Waals surface area contributed by atoms with E-state index in [0.717, 1.165) is 22.6 Å². The molecule has 0 aliphatic carbocycles. The van der Waals surface area contributed by atoms with Crippen LogP contribution < -0.4 is 16.0 Å². The Morgan fingerprint density at radius 1 is 1.10 bits per heavy atom. The van der Waals surface area contributed by atoms with Gasteiger partial charge in [0, 0.05) is 35.9 Å². The van der Waals surface area contributed by atoms with E-state index in [1.165, 1.54) is 0 Å². The molecule has 0 aliphatic rings. The Bertz CT molecular complexity index is 1020. The fraction of sp³-hybridized carbons (Fsp3) is 0.261. The molecule has 7 nitrogen and oxygen atoms in total. The zero-order valence-electron chi connectivity index (χ0n) is 17.7. The summed E-state index contributed by atoms with van der Waals surface area (Å²) in [6.45, 7) is 8.10. The molecule has 3 rings (SSSR count). The summed E-state index contributed by atoms with van der Waals surface area (Å²) < 4.78 is 2.02. The van der Waals surface area contributed by atoms with Crippen molar-refractivity contribution >= 4 is 17.6 Å². The number of aromatic nitrogens is 2. The maximum Gasteiger partial charge on any atom is 0.319 e. The second-order valence-corrected chi connectivity index (χ2v) is 7.46. The predicted octanol–water partition coefficient (Wildman–Crippen LogP) is 3.95. The number of hydrogen-bond donors (Lipinski definition) is 3. The lowest BCUT2D eigenvalue weighted by Crippen LogP contribution is -2.34. The highest BCUT2D eigenvalue weighted by molar-refractivity contribution is 5.96. The van der Waals surface area contributed by atoms with Crippen LogP contribution in [0.15, 0.2) is 54.9 Å². The normalized spacial score (nSPS) is 10.7. The largest absolute Gasteiger partial charge is 0.348 e. The van der Waals surface area contributed by atoms with E-state index >= 15 is 0 Å². The first kappa shape index (κ1) is 21.1. The molecule has 30 heavy (non-hydrogen) atoms. The maximum absolute atomic E-state index is 12.7. The Balaban J connectivity index is 1.63. The van der Waals surface area contributed by atoms with E-state index in [4.69, 9.17) is 0 Å². The lowest BCUT2D eigenvalue weighted by Gasteiger charge is -2.11. The molecule has 3 aromatic rings. The number of benzene rings is 1. The molecule has 0 spiro atoms. The van der Waals surface area contributed by atoms with E-state index in [-0.39, 0.29) is 18.0 Å². The Kier molecular flexibility index (Phi) is 6.51. The second kappa shape index (κ2) is 9.26. The zero-order chi connectivity index (χ0) is 21.7. The van der Waals surface area contributed by atoms with Crippen molar-refractivity contribution in [2.24, 2.45) is 0 Å². The molecule has 0 saturated heterocycles. The summed E-state index contributed by atoms with van der Waals surface area (Å²) in [5.74, 6) is -0.128. The van der Waals surface area contributed by atoms with Crippen LogP contribution in [0.1, 0.15) is 41.2 Å². The minimum Gasteiger partial charge on any atom is -0.348 e. The summed E-state index contributed by atoms with van der Waals surface area (Å²) in [4.78, 5) is 28.7. The van der Waals surface area contributed by atoms with Gasteiger partial charge in [-0.3, -0.25) is 9.78 Å². The van der Waals surface area contributed by atoms with Gasteiger partial charge in [0.2, 0.25) is 0 Å². The molecule has 0 atom stereocenters. The molecule has 3 amide bonds. The van der Waals surface area contributed by atoms with Gasteiger partial charge in [-0.15, -0.1) is 0 Å². The number of anilines is 1. The molecule has 0 unspecified atom stereocenters. The van der Waals surface area contributed by atoms with Gasteiger partial charge >= 0.3 is 6.03 Å². The van der Waals surface area contributed by atoms with E-state index in [1.807, 2.05) is 74.7 Å². The fourth-order valence-corrected chi connectivity index (χ4v) is 3.29. The average molecular weight is 406 g/mol. The Morgan fingerprint density at radius 2 is 1.83 bits per heavy atom. The van der Waals surface area contributed by atoms with E-state index in [1.54, 1.807) is 12.4 Å². The van der Waals surface area contributed by atoms with E-state index in [0.29, 0.717) is 17.8 Å². The van der Waals surface area contributed by atoms with Crippen LogP contribution in [0.4, 0.5) is 10.5 Å². The summed E-state index contributed by atoms with van der Waals surface area (Å²) in [7, 11) is 0. The SMILES string of the molecule is Cc1cc(C(=O)NCc2ccc(NC(=O)NC(C)C)cc2)c(C)n1-c1cccnc1. The van der Waals surface area contributed by atoms with Crippen molar-refractivity contribution in [2.75, 3.05) is 5.32 Å². The van der Waals surface area contributed by atoms with Gasteiger partial charge in [0.25, 0.3) is 5.91 Å². The minimum absolute atomic E-state index is 0.0691. The molecule has 0 radical (unpaired) electrons. The average Bonchev–Trinajstić information content (AvgIpc) is 3.01. The van der Waals surface area contributed by atoms with Crippen LogP contribution >= 0.6 is 0 Å². The smallest absolute Gasteiger partial charge is 0.319 e. The molecule has 0 bridgehead atoms. The van der Waals surface area contributed by atoms with Crippen molar-refractivity contribution in [1.29, 1.82) is 0 Å². The lowest BCUT2D eigenvalue weighted by molar-refractivity contribution is 0.0950. The third kappa shape index (κ3) is 5.05. The molecule has 0 saturated carbocycles. The number of aryl methyl sites for hydroxylation is 1. The fourth-order valence-electron chi connectivity index (χ4n) is 3.29. The van der Waals surface area contributed by atoms with Crippen LogP contribution in [-0.2, 0) is 6.54 Å². The zero-order valence-corrected chi connectivity index (χ0v) is 17.7. The molecule has 3 N–H and O–H groups in total. The van der Waals surface area contributed by atoms with Gasteiger partial charge in [-0.1, -0.05) is 12.1 Å². The summed E-state index contributed by atoms with van der Waals surface area (Å²) >= 11 is 0. The summed E-state index contributed by atoms with van der Waals surface area (Å²) in [6, 6.07) is 12.9. The van der Waals surface area contributed by atoms with Crippen LogP contribution in [0.25, 0.3) is 5.69 Å². The molecule has 7 heteroatoms. The molecule has 1 aromatic carbocycles. The van der Waals surface area contributed by atoms with Gasteiger partial charge in [0.05, 0.1) is 17.4 Å². The first-order valence-corrected chi connectivity index (χ1v) is 9.89. The number of carbonyl (C=O) groups excluding carboxylic acids is 2. The monoisotopic (exact) mass is 405 g/mol. The second-order valence-electron chi connectivity index (χ2n) is 7.46. The maximum atomic E-state index is 12.7. The third-order valence-electron chi connectivity index (χ3n) is 4.66.